The van der Waals surface area contributed by atoms with E-state index >= 15 is 0 Å². The van der Waals surface area contributed by atoms with Gasteiger partial charge in [-0.05, 0) is 5.18 Å². The number of ether oxygens (including phenoxy) is 1. The quantitative estimate of drug-likeness (QED) is 0.348. The van der Waals surface area contributed by atoms with E-state index in [1.54, 1.807) is 0 Å². The molecule has 1 heterocycles. The fraction of sp³-hybridized carbons (Fsp3) is 1.00. The predicted molar refractivity (Wildman–Crippen MR) is 34.7 cm³/mol. The summed E-state index contributed by atoms with van der Waals surface area (Å²) in [6, 6.07) is 0. The number of hydrogen-bond donors (Lipinski definition) is 4. The van der Waals surface area contributed by atoms with Gasteiger partial charge >= 0.3 is 0 Å². The Bertz CT molecular complexity index is 187. The highest BCUT2D eigenvalue weighted by molar-refractivity contribution is 4.93. The van der Waals surface area contributed by atoms with Crippen molar-refractivity contribution in [2.24, 2.45) is 5.18 Å². The molecule has 0 bridgehead atoms. The summed E-state index contributed by atoms with van der Waals surface area (Å²) in [7, 11) is 0. The van der Waals surface area contributed by atoms with Crippen molar-refractivity contribution in [1.82, 2.24) is 0 Å². The van der Waals surface area contributed by atoms with Crippen LogP contribution in [0.3, 0.4) is 0 Å². The van der Waals surface area contributed by atoms with Gasteiger partial charge in [0.15, 0.2) is 0 Å². The molecular weight excluding hydrogens is 170 g/mol. The summed E-state index contributed by atoms with van der Waals surface area (Å²) in [6.45, 7) is -0.919. The number of nitrogens with zero attached hydrogens (tertiary/aromatic N) is 1. The number of aliphatic hydroxyl groups is 4. The second kappa shape index (κ2) is 3.04. The van der Waals surface area contributed by atoms with Crippen molar-refractivity contribution in [2.45, 2.75) is 24.2 Å². The Labute approximate surface area is 67.2 Å². The normalized spacial score (nSPS) is 47.8. The van der Waals surface area contributed by atoms with E-state index in [-0.39, 0.29) is 0 Å². The van der Waals surface area contributed by atoms with Crippen LogP contribution in [0.15, 0.2) is 5.18 Å². The maximum Gasteiger partial charge on any atom is 0.221 e. The largest absolute Gasteiger partial charge is 0.391 e. The minimum atomic E-state index is -2.29. The minimum Gasteiger partial charge on any atom is -0.391 e. The molecule has 4 atom stereocenters. The highest BCUT2D eigenvalue weighted by Crippen LogP contribution is 2.29. The first-order valence-electron chi connectivity index (χ1n) is 3.25. The molecule has 0 radical (unpaired) electrons. The van der Waals surface area contributed by atoms with Gasteiger partial charge in [0, 0.05) is 0 Å². The molecule has 4 N–H and O–H groups in total. The predicted octanol–water partition coefficient (Wildman–Crippen LogP) is -2.49. The SMILES string of the molecule is O=NC1OC(O)(CO)[C@H](O)C1O. The Morgan fingerprint density at radius 2 is 2.08 bits per heavy atom. The number of hydrogen-bond acceptors (Lipinski definition) is 7. The molecule has 0 spiro atoms. The molecule has 1 aliphatic heterocycles. The maximum absolute atomic E-state index is 9.93. The van der Waals surface area contributed by atoms with E-state index in [2.05, 4.69) is 9.91 Å². The summed E-state index contributed by atoms with van der Waals surface area (Å²) < 4.78 is 4.40. The van der Waals surface area contributed by atoms with Crippen molar-refractivity contribution >= 4 is 0 Å². The molecule has 12 heavy (non-hydrogen) atoms. The Kier molecular flexibility index (Phi) is 2.40. The highest BCUT2D eigenvalue weighted by Gasteiger charge is 2.54. The lowest BCUT2D eigenvalue weighted by molar-refractivity contribution is -0.244. The van der Waals surface area contributed by atoms with Gasteiger partial charge in [0.05, 0.1) is 6.61 Å². The first-order chi connectivity index (χ1) is 5.55. The lowest BCUT2D eigenvalue weighted by Crippen LogP contribution is -2.46. The molecule has 7 nitrogen and oxygen atoms in total. The van der Waals surface area contributed by atoms with E-state index in [9.17, 15) is 4.91 Å². The molecule has 0 aromatic carbocycles. The average Bonchev–Trinajstić information content (AvgIpc) is 2.31. The molecule has 0 amide bonds. The lowest BCUT2D eigenvalue weighted by Gasteiger charge is -2.22. The molecule has 1 rings (SSSR count). The number of aliphatic hydroxyl groups excluding tert-OH is 3. The smallest absolute Gasteiger partial charge is 0.221 e. The lowest BCUT2D eigenvalue weighted by atomic mass is 10.1. The first-order valence-corrected chi connectivity index (χ1v) is 3.25. The standard InChI is InChI=1S/C5H9NO6/c7-1-5(10)3(9)2(8)4(6-11)12-5/h2-4,7-10H,1H2/t2?,3-,4?,5?/m1/s1. The van der Waals surface area contributed by atoms with Crippen LogP contribution in [0.25, 0.3) is 0 Å². The van der Waals surface area contributed by atoms with Crippen molar-refractivity contribution in [2.75, 3.05) is 6.61 Å². The maximum atomic E-state index is 9.93. The molecule has 1 fully saturated rings. The van der Waals surface area contributed by atoms with E-state index in [1.165, 1.54) is 0 Å². The number of nitroso groups, excluding NO2 is 1. The van der Waals surface area contributed by atoms with Gasteiger partial charge in [-0.15, -0.1) is 4.91 Å². The van der Waals surface area contributed by atoms with Crippen LogP contribution in [0, 0.1) is 4.91 Å². The molecule has 7 heteroatoms. The third-order valence-electron chi connectivity index (χ3n) is 1.73. The Morgan fingerprint density at radius 1 is 1.50 bits per heavy atom. The van der Waals surface area contributed by atoms with E-state index in [4.69, 9.17) is 20.4 Å². The Morgan fingerprint density at radius 3 is 2.33 bits per heavy atom. The van der Waals surface area contributed by atoms with Crippen LogP contribution in [0.4, 0.5) is 0 Å². The van der Waals surface area contributed by atoms with E-state index < -0.39 is 30.8 Å². The molecular formula is C5H9NO6. The minimum absolute atomic E-state index is 0.919. The summed E-state index contributed by atoms with van der Waals surface area (Å²) in [4.78, 5) is 9.93. The fourth-order valence-corrected chi connectivity index (χ4v) is 0.986. The van der Waals surface area contributed by atoms with Crippen LogP contribution in [0.1, 0.15) is 0 Å². The van der Waals surface area contributed by atoms with Crippen molar-refractivity contribution in [3.05, 3.63) is 4.91 Å². The number of rotatable bonds is 2. The van der Waals surface area contributed by atoms with Crippen LogP contribution in [0.5, 0.6) is 0 Å². The first kappa shape index (κ1) is 9.49. The van der Waals surface area contributed by atoms with Crippen molar-refractivity contribution < 1.29 is 25.2 Å². The Hall–Kier alpha value is -0.600. The van der Waals surface area contributed by atoms with Gasteiger partial charge in [0.2, 0.25) is 12.0 Å². The summed E-state index contributed by atoms with van der Waals surface area (Å²) in [5.74, 6) is -2.29. The summed E-state index contributed by atoms with van der Waals surface area (Å²) in [6.07, 6.45) is -4.89. The van der Waals surface area contributed by atoms with Crippen LogP contribution >= 0.6 is 0 Å². The second-order valence-corrected chi connectivity index (χ2v) is 2.55. The third kappa shape index (κ3) is 1.21. The van der Waals surface area contributed by atoms with Gasteiger partial charge in [0.25, 0.3) is 0 Å². The summed E-state index contributed by atoms with van der Waals surface area (Å²) in [5, 5.41) is 38.0. The molecule has 70 valence electrons. The van der Waals surface area contributed by atoms with Gasteiger partial charge in [0.1, 0.15) is 12.2 Å². The van der Waals surface area contributed by atoms with Crippen molar-refractivity contribution in [3.8, 4) is 0 Å². The molecule has 0 saturated carbocycles. The van der Waals surface area contributed by atoms with E-state index in [0.29, 0.717) is 0 Å². The van der Waals surface area contributed by atoms with Gasteiger partial charge < -0.3 is 25.2 Å². The highest BCUT2D eigenvalue weighted by atomic mass is 16.7. The molecule has 0 aliphatic carbocycles. The van der Waals surface area contributed by atoms with Crippen LogP contribution in [-0.4, -0.2) is 51.3 Å². The zero-order valence-electron chi connectivity index (χ0n) is 5.99. The van der Waals surface area contributed by atoms with E-state index in [0.717, 1.165) is 0 Å². The molecule has 1 aliphatic rings. The van der Waals surface area contributed by atoms with Crippen molar-refractivity contribution in [3.63, 3.8) is 0 Å². The monoisotopic (exact) mass is 179 g/mol. The van der Waals surface area contributed by atoms with Crippen LogP contribution in [0.2, 0.25) is 0 Å². The van der Waals surface area contributed by atoms with Crippen LogP contribution < -0.4 is 0 Å². The molecule has 0 aromatic heterocycles. The zero-order chi connectivity index (χ0) is 9.35. The third-order valence-corrected chi connectivity index (χ3v) is 1.73. The second-order valence-electron chi connectivity index (χ2n) is 2.55. The summed E-state index contributed by atoms with van der Waals surface area (Å²) in [5.41, 5.74) is 0. The molecule has 1 saturated heterocycles. The average molecular weight is 179 g/mol. The van der Waals surface area contributed by atoms with Gasteiger partial charge in [-0.1, -0.05) is 0 Å². The van der Waals surface area contributed by atoms with E-state index in [1.807, 2.05) is 0 Å². The molecule has 3 unspecified atom stereocenters. The van der Waals surface area contributed by atoms with Crippen LogP contribution in [-0.2, 0) is 4.74 Å². The van der Waals surface area contributed by atoms with Crippen molar-refractivity contribution in [1.29, 1.82) is 0 Å². The van der Waals surface area contributed by atoms with Gasteiger partial charge in [-0.25, -0.2) is 0 Å². The zero-order valence-corrected chi connectivity index (χ0v) is 5.99. The molecule has 0 aromatic rings. The fourth-order valence-electron chi connectivity index (χ4n) is 0.986. The van der Waals surface area contributed by atoms with Gasteiger partial charge in [-0.2, -0.15) is 0 Å². The topological polar surface area (TPSA) is 120 Å². The summed E-state index contributed by atoms with van der Waals surface area (Å²) >= 11 is 0. The Balaban J connectivity index is 2.79. The van der Waals surface area contributed by atoms with Gasteiger partial charge in [-0.3, -0.25) is 0 Å².